The van der Waals surface area contributed by atoms with Gasteiger partial charge in [0.05, 0.1) is 12.3 Å². The first-order chi connectivity index (χ1) is 5.57. The highest BCUT2D eigenvalue weighted by atomic mass is 16.4. The van der Waals surface area contributed by atoms with Crippen molar-refractivity contribution in [2.75, 3.05) is 0 Å². The lowest BCUT2D eigenvalue weighted by Gasteiger charge is -2.03. The summed E-state index contributed by atoms with van der Waals surface area (Å²) in [5.74, 6) is -2.84. The van der Waals surface area contributed by atoms with Gasteiger partial charge in [0, 0.05) is 0 Å². The van der Waals surface area contributed by atoms with Gasteiger partial charge < -0.3 is 10.2 Å². The Hall–Kier alpha value is -1.32. The predicted octanol–water partition coefficient (Wildman–Crippen LogP) is 1.37. The summed E-state index contributed by atoms with van der Waals surface area (Å²) in [6.07, 6.45) is 0.0769. The Labute approximate surface area is 71.5 Å². The van der Waals surface area contributed by atoms with Crippen molar-refractivity contribution in [3.63, 3.8) is 0 Å². The molecule has 2 N–H and O–H groups in total. The topological polar surface area (TPSA) is 74.6 Å². The second-order valence-electron chi connectivity index (χ2n) is 2.04. The van der Waals surface area contributed by atoms with Crippen LogP contribution in [0.3, 0.4) is 0 Å². The molecule has 1 unspecified atom stereocenters. The van der Waals surface area contributed by atoms with Gasteiger partial charge >= 0.3 is 11.9 Å². The highest BCUT2D eigenvalue weighted by Gasteiger charge is 2.17. The standard InChI is InChI=1S/C6H10O4.C2H4/c1-2-4(6(9)10)3-5(7)8;1-2/h4H,2-3H2,1H3,(H,7,8)(H,9,10);1-2H2. The molecule has 0 spiro atoms. The lowest BCUT2D eigenvalue weighted by Crippen LogP contribution is -2.16. The molecule has 4 nitrogen and oxygen atoms in total. The summed E-state index contributed by atoms with van der Waals surface area (Å²) in [4.78, 5) is 20.2. The van der Waals surface area contributed by atoms with Gasteiger partial charge in [-0.25, -0.2) is 0 Å². The van der Waals surface area contributed by atoms with Gasteiger partial charge in [0.25, 0.3) is 0 Å². The van der Waals surface area contributed by atoms with Gasteiger partial charge in [-0.05, 0) is 6.42 Å². The first-order valence-corrected chi connectivity index (χ1v) is 3.52. The van der Waals surface area contributed by atoms with Crippen molar-refractivity contribution < 1.29 is 19.8 Å². The molecule has 0 aromatic rings. The van der Waals surface area contributed by atoms with Crippen LogP contribution in [0.1, 0.15) is 19.8 Å². The van der Waals surface area contributed by atoms with E-state index in [0.717, 1.165) is 0 Å². The van der Waals surface area contributed by atoms with Crippen molar-refractivity contribution in [2.45, 2.75) is 19.8 Å². The molecule has 0 aliphatic heterocycles. The maximum absolute atomic E-state index is 10.2. The zero-order valence-electron chi connectivity index (χ0n) is 7.12. The average Bonchev–Trinajstić information content (AvgIpc) is 2.03. The van der Waals surface area contributed by atoms with Crippen LogP contribution < -0.4 is 0 Å². The van der Waals surface area contributed by atoms with Crippen LogP contribution >= 0.6 is 0 Å². The van der Waals surface area contributed by atoms with E-state index in [4.69, 9.17) is 10.2 Å². The van der Waals surface area contributed by atoms with Crippen molar-refractivity contribution in [1.29, 1.82) is 0 Å². The molecular formula is C8H14O4. The molecule has 70 valence electrons. The number of carboxylic acid groups (broad SMARTS) is 2. The number of carboxylic acids is 2. The number of hydrogen-bond donors (Lipinski definition) is 2. The summed E-state index contributed by atoms with van der Waals surface area (Å²) >= 11 is 0. The van der Waals surface area contributed by atoms with Gasteiger partial charge in [-0.3, -0.25) is 9.59 Å². The van der Waals surface area contributed by atoms with Crippen LogP contribution in [0.25, 0.3) is 0 Å². The molecule has 0 radical (unpaired) electrons. The highest BCUT2D eigenvalue weighted by Crippen LogP contribution is 2.07. The quantitative estimate of drug-likeness (QED) is 0.631. The van der Waals surface area contributed by atoms with Crippen LogP contribution in [0.15, 0.2) is 13.2 Å². The van der Waals surface area contributed by atoms with Gasteiger partial charge in [0.15, 0.2) is 0 Å². The van der Waals surface area contributed by atoms with Crippen LogP contribution in [0, 0.1) is 5.92 Å². The fourth-order valence-electron chi connectivity index (χ4n) is 0.617. The van der Waals surface area contributed by atoms with Gasteiger partial charge in [-0.15, -0.1) is 13.2 Å². The van der Waals surface area contributed by atoms with Crippen LogP contribution in [0.2, 0.25) is 0 Å². The van der Waals surface area contributed by atoms with E-state index in [2.05, 4.69) is 13.2 Å². The largest absolute Gasteiger partial charge is 0.481 e. The van der Waals surface area contributed by atoms with Crippen molar-refractivity contribution in [3.8, 4) is 0 Å². The van der Waals surface area contributed by atoms with Gasteiger partial charge in [0.2, 0.25) is 0 Å². The number of carbonyl (C=O) groups is 2. The van der Waals surface area contributed by atoms with Crippen LogP contribution in [-0.4, -0.2) is 22.2 Å². The van der Waals surface area contributed by atoms with Gasteiger partial charge in [-0.2, -0.15) is 0 Å². The summed E-state index contributed by atoms with van der Waals surface area (Å²) in [6, 6.07) is 0. The summed E-state index contributed by atoms with van der Waals surface area (Å²) < 4.78 is 0. The molecule has 4 heteroatoms. The monoisotopic (exact) mass is 174 g/mol. The second-order valence-corrected chi connectivity index (χ2v) is 2.04. The minimum atomic E-state index is -1.06. The van der Waals surface area contributed by atoms with E-state index < -0.39 is 17.9 Å². The van der Waals surface area contributed by atoms with E-state index in [1.807, 2.05) is 0 Å². The number of hydrogen-bond acceptors (Lipinski definition) is 2. The molecule has 1 atom stereocenters. The first kappa shape index (κ1) is 13.3. The maximum atomic E-state index is 10.2. The molecular weight excluding hydrogens is 160 g/mol. The van der Waals surface area contributed by atoms with E-state index >= 15 is 0 Å². The Morgan fingerprint density at radius 2 is 1.75 bits per heavy atom. The molecule has 0 rings (SSSR count). The van der Waals surface area contributed by atoms with Gasteiger partial charge in [0.1, 0.15) is 0 Å². The fourth-order valence-corrected chi connectivity index (χ4v) is 0.617. The molecule has 0 saturated carbocycles. The van der Waals surface area contributed by atoms with E-state index in [-0.39, 0.29) is 6.42 Å². The minimum Gasteiger partial charge on any atom is -0.481 e. The molecule has 0 aliphatic carbocycles. The van der Waals surface area contributed by atoms with Crippen molar-refractivity contribution >= 4 is 11.9 Å². The first-order valence-electron chi connectivity index (χ1n) is 3.52. The zero-order valence-corrected chi connectivity index (χ0v) is 7.12. The highest BCUT2D eigenvalue weighted by molar-refractivity contribution is 5.77. The van der Waals surface area contributed by atoms with Crippen LogP contribution in [-0.2, 0) is 9.59 Å². The molecule has 0 amide bonds. The third kappa shape index (κ3) is 6.80. The molecule has 0 heterocycles. The Bertz CT molecular complexity index is 153. The van der Waals surface area contributed by atoms with E-state index in [0.29, 0.717) is 6.42 Å². The van der Waals surface area contributed by atoms with Gasteiger partial charge in [-0.1, -0.05) is 6.92 Å². The fraction of sp³-hybridized carbons (Fsp3) is 0.500. The predicted molar refractivity (Wildman–Crippen MR) is 44.9 cm³/mol. The van der Waals surface area contributed by atoms with E-state index in [9.17, 15) is 9.59 Å². The summed E-state index contributed by atoms with van der Waals surface area (Å²) in [7, 11) is 0. The molecule has 0 bridgehead atoms. The molecule has 0 fully saturated rings. The maximum Gasteiger partial charge on any atom is 0.307 e. The molecule has 0 aliphatic rings. The van der Waals surface area contributed by atoms with Crippen molar-refractivity contribution in [1.82, 2.24) is 0 Å². The molecule has 0 saturated heterocycles. The molecule has 0 aromatic carbocycles. The Morgan fingerprint density at radius 1 is 1.33 bits per heavy atom. The van der Waals surface area contributed by atoms with Crippen molar-refractivity contribution in [2.24, 2.45) is 5.92 Å². The Kier molecular flexibility index (Phi) is 8.62. The minimum absolute atomic E-state index is 0.286. The number of rotatable bonds is 4. The molecule has 12 heavy (non-hydrogen) atoms. The van der Waals surface area contributed by atoms with E-state index in [1.165, 1.54) is 0 Å². The Morgan fingerprint density at radius 3 is 1.83 bits per heavy atom. The normalized spacial score (nSPS) is 10.8. The average molecular weight is 174 g/mol. The second kappa shape index (κ2) is 7.78. The van der Waals surface area contributed by atoms with Crippen LogP contribution in [0.5, 0.6) is 0 Å². The number of aliphatic carboxylic acids is 2. The van der Waals surface area contributed by atoms with Crippen LogP contribution in [0.4, 0.5) is 0 Å². The van der Waals surface area contributed by atoms with E-state index in [1.54, 1.807) is 6.92 Å². The summed E-state index contributed by atoms with van der Waals surface area (Å²) in [5.41, 5.74) is 0. The Balaban J connectivity index is 0. The third-order valence-corrected chi connectivity index (χ3v) is 1.26. The zero-order chi connectivity index (χ0) is 10.1. The lowest BCUT2D eigenvalue weighted by atomic mass is 10.0. The van der Waals surface area contributed by atoms with Crippen molar-refractivity contribution in [3.05, 3.63) is 13.2 Å². The smallest absolute Gasteiger partial charge is 0.307 e. The third-order valence-electron chi connectivity index (χ3n) is 1.26. The SMILES string of the molecule is C=C.CCC(CC(=O)O)C(=O)O. The molecule has 0 aromatic heterocycles. The summed E-state index contributed by atoms with van der Waals surface area (Å²) in [6.45, 7) is 7.65. The summed E-state index contributed by atoms with van der Waals surface area (Å²) in [5, 5.41) is 16.6. The lowest BCUT2D eigenvalue weighted by molar-refractivity contribution is -0.148.